The molecular weight excluding hydrogens is 530 g/mol. The monoisotopic (exact) mass is 567 g/mol. The highest BCUT2D eigenvalue weighted by atomic mass is 32.2. The average Bonchev–Trinajstić information content (AvgIpc) is 3.39. The van der Waals surface area contributed by atoms with Crippen LogP contribution in [0.25, 0.3) is 11.0 Å². The number of hydrogen-bond acceptors (Lipinski definition) is 9. The second kappa shape index (κ2) is 14.8. The van der Waals surface area contributed by atoms with Crippen molar-refractivity contribution in [2.24, 2.45) is 0 Å². The number of para-hydroxylation sites is 2. The SMILES string of the molecule is COCCN(CCOC)Cc1ccc(S(=O)(=O)N(CCCNc2ncccn2)Cc2nc3ccccc3[nH]2)cc1. The molecule has 2 aromatic heterocycles. The third kappa shape index (κ3) is 8.29. The molecule has 0 saturated carbocycles. The quantitative estimate of drug-likeness (QED) is 0.185. The van der Waals surface area contributed by atoms with Crippen LogP contribution in [0.15, 0.2) is 71.9 Å². The minimum absolute atomic E-state index is 0.127. The molecule has 0 saturated heterocycles. The van der Waals surface area contributed by atoms with E-state index in [-0.39, 0.29) is 11.4 Å². The predicted molar refractivity (Wildman–Crippen MR) is 154 cm³/mol. The van der Waals surface area contributed by atoms with Crippen molar-refractivity contribution >= 4 is 27.0 Å². The number of fused-ring (bicyclic) bond motifs is 1. The number of rotatable bonds is 17. The summed E-state index contributed by atoms with van der Waals surface area (Å²) in [6.07, 6.45) is 3.88. The van der Waals surface area contributed by atoms with E-state index in [1.807, 2.05) is 36.4 Å². The van der Waals surface area contributed by atoms with E-state index in [9.17, 15) is 8.42 Å². The third-order valence-electron chi connectivity index (χ3n) is 6.39. The molecule has 214 valence electrons. The molecular formula is C28H37N7O4S. The number of sulfonamides is 1. The molecule has 0 aliphatic carbocycles. The molecule has 2 heterocycles. The van der Waals surface area contributed by atoms with Gasteiger partial charge in [0.25, 0.3) is 0 Å². The molecule has 40 heavy (non-hydrogen) atoms. The Bertz CT molecular complexity index is 1370. The van der Waals surface area contributed by atoms with E-state index in [2.05, 4.69) is 30.2 Å². The summed E-state index contributed by atoms with van der Waals surface area (Å²) in [5, 5.41) is 3.14. The van der Waals surface area contributed by atoms with Gasteiger partial charge in [0.05, 0.1) is 35.7 Å². The number of methoxy groups -OCH3 is 2. The Morgan fingerprint density at radius 2 is 1.57 bits per heavy atom. The molecule has 0 atom stereocenters. The van der Waals surface area contributed by atoms with Gasteiger partial charge in [0, 0.05) is 59.3 Å². The summed E-state index contributed by atoms with van der Waals surface area (Å²) in [7, 11) is -0.440. The first-order valence-corrected chi connectivity index (χ1v) is 14.7. The lowest BCUT2D eigenvalue weighted by Crippen LogP contribution is -2.33. The van der Waals surface area contributed by atoms with Crippen LogP contribution < -0.4 is 5.32 Å². The number of H-pyrrole nitrogens is 1. The standard InChI is InChI=1S/C28H37N7O4S/c1-38-19-17-34(18-20-39-2)21-23-9-11-24(12-10-23)40(36,37)35(16-6-15-31-28-29-13-5-14-30-28)22-27-32-25-7-3-4-8-26(25)33-27/h3-5,7-14H,6,15-22H2,1-2H3,(H,32,33)(H,29,30,31). The zero-order valence-corrected chi connectivity index (χ0v) is 23.8. The fourth-order valence-corrected chi connectivity index (χ4v) is 5.70. The Balaban J connectivity index is 1.48. The molecule has 0 unspecified atom stereocenters. The first-order chi connectivity index (χ1) is 19.5. The van der Waals surface area contributed by atoms with E-state index >= 15 is 0 Å². The van der Waals surface area contributed by atoms with Gasteiger partial charge in [-0.3, -0.25) is 4.90 Å². The largest absolute Gasteiger partial charge is 0.383 e. The van der Waals surface area contributed by atoms with Gasteiger partial charge in [-0.25, -0.2) is 23.4 Å². The summed E-state index contributed by atoms with van der Waals surface area (Å²) in [6, 6.07) is 16.5. The Hall–Kier alpha value is -3.42. The van der Waals surface area contributed by atoms with Gasteiger partial charge in [-0.2, -0.15) is 4.31 Å². The molecule has 0 fully saturated rings. The summed E-state index contributed by atoms with van der Waals surface area (Å²) in [5.41, 5.74) is 2.68. The Morgan fingerprint density at radius 1 is 0.875 bits per heavy atom. The Labute approximate surface area is 235 Å². The van der Waals surface area contributed by atoms with Crippen molar-refractivity contribution in [1.29, 1.82) is 0 Å². The molecule has 4 aromatic rings. The van der Waals surface area contributed by atoms with Crippen molar-refractivity contribution in [2.75, 3.05) is 58.9 Å². The van der Waals surface area contributed by atoms with Gasteiger partial charge in [0.15, 0.2) is 0 Å². The first-order valence-electron chi connectivity index (χ1n) is 13.2. The van der Waals surface area contributed by atoms with E-state index in [1.54, 1.807) is 44.8 Å². The van der Waals surface area contributed by atoms with Gasteiger partial charge in [0.1, 0.15) is 5.82 Å². The number of nitrogens with one attached hydrogen (secondary N) is 2. The van der Waals surface area contributed by atoms with E-state index in [4.69, 9.17) is 9.47 Å². The average molecular weight is 568 g/mol. The summed E-state index contributed by atoms with van der Waals surface area (Å²) >= 11 is 0. The van der Waals surface area contributed by atoms with Gasteiger partial charge < -0.3 is 19.8 Å². The van der Waals surface area contributed by atoms with Crippen molar-refractivity contribution in [3.63, 3.8) is 0 Å². The molecule has 0 aliphatic heterocycles. The predicted octanol–water partition coefficient (Wildman–Crippen LogP) is 3.14. The fourth-order valence-electron chi connectivity index (χ4n) is 4.26. The zero-order chi connectivity index (χ0) is 28.2. The molecule has 0 aliphatic rings. The highest BCUT2D eigenvalue weighted by molar-refractivity contribution is 7.89. The number of nitrogens with zero attached hydrogens (tertiary/aromatic N) is 5. The maximum atomic E-state index is 13.8. The molecule has 0 bridgehead atoms. The normalized spacial score (nSPS) is 12.0. The second-order valence-corrected chi connectivity index (χ2v) is 11.2. The number of ether oxygens (including phenoxy) is 2. The molecule has 4 rings (SSSR count). The van der Waals surface area contributed by atoms with Crippen molar-refractivity contribution < 1.29 is 17.9 Å². The van der Waals surface area contributed by atoms with Crippen LogP contribution in [0, 0.1) is 0 Å². The van der Waals surface area contributed by atoms with Gasteiger partial charge in [0.2, 0.25) is 16.0 Å². The van der Waals surface area contributed by atoms with Crippen molar-refractivity contribution in [1.82, 2.24) is 29.1 Å². The van der Waals surface area contributed by atoms with Crippen molar-refractivity contribution in [3.8, 4) is 0 Å². The molecule has 12 heteroatoms. The highest BCUT2D eigenvalue weighted by Gasteiger charge is 2.25. The van der Waals surface area contributed by atoms with Crippen LogP contribution in [0.3, 0.4) is 0 Å². The number of imidazole rings is 1. The summed E-state index contributed by atoms with van der Waals surface area (Å²) in [6.45, 7) is 4.35. The van der Waals surface area contributed by atoms with Gasteiger partial charge in [-0.15, -0.1) is 0 Å². The smallest absolute Gasteiger partial charge is 0.243 e. The van der Waals surface area contributed by atoms with Gasteiger partial charge >= 0.3 is 0 Å². The minimum Gasteiger partial charge on any atom is -0.383 e. The number of aromatic nitrogens is 4. The third-order valence-corrected chi connectivity index (χ3v) is 8.25. The fraction of sp³-hybridized carbons (Fsp3) is 0.393. The Kier molecular flexibility index (Phi) is 11.0. The lowest BCUT2D eigenvalue weighted by atomic mass is 10.2. The van der Waals surface area contributed by atoms with Crippen LogP contribution in [-0.2, 0) is 32.6 Å². The van der Waals surface area contributed by atoms with Crippen LogP contribution in [0.2, 0.25) is 0 Å². The Morgan fingerprint density at radius 3 is 2.25 bits per heavy atom. The summed E-state index contributed by atoms with van der Waals surface area (Å²) in [5.74, 6) is 1.10. The maximum Gasteiger partial charge on any atom is 0.243 e. The molecule has 2 aromatic carbocycles. The molecule has 0 spiro atoms. The number of benzene rings is 2. The first kappa shape index (κ1) is 29.6. The van der Waals surface area contributed by atoms with Crippen LogP contribution in [0.5, 0.6) is 0 Å². The maximum absolute atomic E-state index is 13.8. The van der Waals surface area contributed by atoms with Gasteiger partial charge in [-0.1, -0.05) is 24.3 Å². The summed E-state index contributed by atoms with van der Waals surface area (Å²) < 4.78 is 39.6. The van der Waals surface area contributed by atoms with Crippen molar-refractivity contribution in [2.45, 2.75) is 24.4 Å². The van der Waals surface area contributed by atoms with E-state index in [0.29, 0.717) is 51.0 Å². The van der Waals surface area contributed by atoms with Gasteiger partial charge in [-0.05, 0) is 42.3 Å². The minimum atomic E-state index is -3.79. The summed E-state index contributed by atoms with van der Waals surface area (Å²) in [4.78, 5) is 18.6. The van der Waals surface area contributed by atoms with Crippen LogP contribution in [-0.4, -0.2) is 91.2 Å². The second-order valence-electron chi connectivity index (χ2n) is 9.30. The number of aromatic amines is 1. The molecule has 0 amide bonds. The van der Waals surface area contributed by atoms with Crippen LogP contribution in [0.4, 0.5) is 5.95 Å². The lowest BCUT2D eigenvalue weighted by Gasteiger charge is -2.23. The topological polar surface area (TPSA) is 126 Å². The molecule has 11 nitrogen and oxygen atoms in total. The molecule has 2 N–H and O–H groups in total. The highest BCUT2D eigenvalue weighted by Crippen LogP contribution is 2.21. The zero-order valence-electron chi connectivity index (χ0n) is 23.0. The molecule has 0 radical (unpaired) electrons. The van der Waals surface area contributed by atoms with Crippen molar-refractivity contribution in [3.05, 3.63) is 78.4 Å². The van der Waals surface area contributed by atoms with Crippen LogP contribution >= 0.6 is 0 Å². The van der Waals surface area contributed by atoms with E-state index < -0.39 is 10.0 Å². The van der Waals surface area contributed by atoms with Crippen LogP contribution in [0.1, 0.15) is 17.8 Å². The lowest BCUT2D eigenvalue weighted by molar-refractivity contribution is 0.110. The van der Waals surface area contributed by atoms with E-state index in [0.717, 1.165) is 29.7 Å². The number of hydrogen-bond donors (Lipinski definition) is 2. The number of anilines is 1. The van der Waals surface area contributed by atoms with E-state index in [1.165, 1.54) is 4.31 Å².